The molecule has 1 aromatic heterocycles. The lowest BCUT2D eigenvalue weighted by molar-refractivity contribution is 0.195. The summed E-state index contributed by atoms with van der Waals surface area (Å²) in [7, 11) is 1.73. The van der Waals surface area contributed by atoms with Gasteiger partial charge in [-0.2, -0.15) is 0 Å². The topological polar surface area (TPSA) is 22.1 Å². The van der Waals surface area contributed by atoms with Gasteiger partial charge in [-0.1, -0.05) is 18.2 Å². The third-order valence-electron chi connectivity index (χ3n) is 2.78. The molecule has 0 N–H and O–H groups in total. The molecule has 94 valence electrons. The highest BCUT2D eigenvalue weighted by molar-refractivity contribution is 14.1. The van der Waals surface area contributed by atoms with Crippen LogP contribution in [0.4, 0.5) is 0 Å². The maximum absolute atomic E-state index is 5.05. The first-order valence-corrected chi connectivity index (χ1v) is 7.07. The van der Waals surface area contributed by atoms with Crippen LogP contribution in [0.15, 0.2) is 42.6 Å². The summed E-state index contributed by atoms with van der Waals surface area (Å²) in [5.41, 5.74) is 3.46. The van der Waals surface area contributed by atoms with Crippen molar-refractivity contribution >= 4 is 22.6 Å². The lowest BCUT2D eigenvalue weighted by atomic mass is 10.1. The van der Waals surface area contributed by atoms with Gasteiger partial charge in [-0.25, -0.2) is 0 Å². The minimum absolute atomic E-state index is 0.804. The highest BCUT2D eigenvalue weighted by atomic mass is 127. The molecular weight excluding hydrogens is 337 g/mol. The van der Waals surface area contributed by atoms with E-state index < -0.39 is 0 Å². The third-order valence-corrected chi connectivity index (χ3v) is 3.50. The van der Waals surface area contributed by atoms with E-state index >= 15 is 0 Å². The molecule has 2 rings (SSSR count). The zero-order chi connectivity index (χ0) is 12.8. The zero-order valence-corrected chi connectivity index (χ0v) is 12.6. The lowest BCUT2D eigenvalue weighted by Crippen LogP contribution is -1.93. The quantitative estimate of drug-likeness (QED) is 0.600. The molecule has 1 heterocycles. The second kappa shape index (κ2) is 6.85. The van der Waals surface area contributed by atoms with Crippen molar-refractivity contribution in [2.45, 2.75) is 12.8 Å². The summed E-state index contributed by atoms with van der Waals surface area (Å²) < 4.78 is 6.29. The molecular formula is C15H16INO. The van der Waals surface area contributed by atoms with Crippen LogP contribution in [-0.2, 0) is 11.2 Å². The van der Waals surface area contributed by atoms with E-state index in [9.17, 15) is 0 Å². The van der Waals surface area contributed by atoms with Gasteiger partial charge in [0, 0.05) is 29.0 Å². The first-order chi connectivity index (χ1) is 8.79. The summed E-state index contributed by atoms with van der Waals surface area (Å²) >= 11 is 2.31. The van der Waals surface area contributed by atoms with Gasteiger partial charge < -0.3 is 4.74 Å². The number of methoxy groups -OCH3 is 1. The molecule has 18 heavy (non-hydrogen) atoms. The number of aromatic nitrogens is 1. The molecule has 1 aromatic carbocycles. The van der Waals surface area contributed by atoms with Crippen LogP contribution in [0.25, 0.3) is 11.3 Å². The normalized spacial score (nSPS) is 10.6. The molecule has 0 aliphatic carbocycles. The summed E-state index contributed by atoms with van der Waals surface area (Å²) in [6.45, 7) is 0.804. The minimum atomic E-state index is 0.804. The van der Waals surface area contributed by atoms with Crippen LogP contribution in [0.3, 0.4) is 0 Å². The Morgan fingerprint density at radius 3 is 2.50 bits per heavy atom. The lowest BCUT2D eigenvalue weighted by Gasteiger charge is -2.04. The van der Waals surface area contributed by atoms with Gasteiger partial charge >= 0.3 is 0 Å². The molecule has 0 spiro atoms. The molecule has 3 heteroatoms. The van der Waals surface area contributed by atoms with E-state index in [1.165, 1.54) is 14.7 Å². The highest BCUT2D eigenvalue weighted by Gasteiger charge is 2.00. The second-order valence-electron chi connectivity index (χ2n) is 4.15. The van der Waals surface area contributed by atoms with Crippen molar-refractivity contribution in [3.63, 3.8) is 0 Å². The standard InChI is InChI=1S/C15H16INO/c1-18-10-2-3-12-4-9-15(17-11-12)13-5-7-14(16)8-6-13/h4-9,11H,2-3,10H2,1H3. The predicted molar refractivity (Wildman–Crippen MR) is 82.6 cm³/mol. The van der Waals surface area contributed by atoms with Gasteiger partial charge in [0.15, 0.2) is 0 Å². The fourth-order valence-corrected chi connectivity index (χ4v) is 2.14. The third kappa shape index (κ3) is 3.78. The van der Waals surface area contributed by atoms with Crippen molar-refractivity contribution in [1.82, 2.24) is 4.98 Å². The fraction of sp³-hybridized carbons (Fsp3) is 0.267. The number of aryl methyl sites for hydroxylation is 1. The smallest absolute Gasteiger partial charge is 0.0702 e. The zero-order valence-electron chi connectivity index (χ0n) is 10.4. The molecule has 0 saturated heterocycles. The number of hydrogen-bond acceptors (Lipinski definition) is 2. The van der Waals surface area contributed by atoms with Crippen LogP contribution >= 0.6 is 22.6 Å². The molecule has 0 amide bonds. The number of rotatable bonds is 5. The van der Waals surface area contributed by atoms with E-state index in [0.717, 1.165) is 25.1 Å². The summed E-state index contributed by atoms with van der Waals surface area (Å²) in [6, 6.07) is 12.7. The average Bonchev–Trinajstić information content (AvgIpc) is 2.41. The summed E-state index contributed by atoms with van der Waals surface area (Å²) in [4.78, 5) is 4.51. The first kappa shape index (κ1) is 13.5. The molecule has 0 bridgehead atoms. The monoisotopic (exact) mass is 353 g/mol. The molecule has 0 saturated carbocycles. The van der Waals surface area contributed by atoms with Crippen molar-refractivity contribution in [1.29, 1.82) is 0 Å². The Hall–Kier alpha value is -0.940. The van der Waals surface area contributed by atoms with Crippen molar-refractivity contribution in [3.05, 3.63) is 51.7 Å². The highest BCUT2D eigenvalue weighted by Crippen LogP contribution is 2.18. The molecule has 0 fully saturated rings. The van der Waals surface area contributed by atoms with Crippen LogP contribution in [0, 0.1) is 3.57 Å². The van der Waals surface area contributed by atoms with E-state index in [2.05, 4.69) is 64.0 Å². The first-order valence-electron chi connectivity index (χ1n) is 5.99. The SMILES string of the molecule is COCCCc1ccc(-c2ccc(I)cc2)nc1. The molecule has 2 aromatic rings. The number of benzene rings is 1. The van der Waals surface area contributed by atoms with E-state index in [1.54, 1.807) is 7.11 Å². The maximum Gasteiger partial charge on any atom is 0.0702 e. The summed E-state index contributed by atoms with van der Waals surface area (Å²) in [5, 5.41) is 0. The summed E-state index contributed by atoms with van der Waals surface area (Å²) in [5.74, 6) is 0. The Labute approximate surface area is 122 Å². The van der Waals surface area contributed by atoms with Crippen LogP contribution in [0.5, 0.6) is 0 Å². The Morgan fingerprint density at radius 2 is 1.89 bits per heavy atom. The van der Waals surface area contributed by atoms with Crippen molar-refractivity contribution in [2.24, 2.45) is 0 Å². The largest absolute Gasteiger partial charge is 0.385 e. The second-order valence-corrected chi connectivity index (χ2v) is 5.40. The number of hydrogen-bond donors (Lipinski definition) is 0. The molecule has 0 atom stereocenters. The van der Waals surface area contributed by atoms with E-state index in [0.29, 0.717) is 0 Å². The molecule has 2 nitrogen and oxygen atoms in total. The van der Waals surface area contributed by atoms with E-state index in [-0.39, 0.29) is 0 Å². The number of nitrogens with zero attached hydrogens (tertiary/aromatic N) is 1. The van der Waals surface area contributed by atoms with Crippen LogP contribution in [0.1, 0.15) is 12.0 Å². The van der Waals surface area contributed by atoms with Gasteiger partial charge in [0.05, 0.1) is 5.69 Å². The van der Waals surface area contributed by atoms with Crippen LogP contribution in [0.2, 0.25) is 0 Å². The fourth-order valence-electron chi connectivity index (χ4n) is 1.78. The van der Waals surface area contributed by atoms with Crippen molar-refractivity contribution < 1.29 is 4.74 Å². The summed E-state index contributed by atoms with van der Waals surface area (Å²) in [6.07, 6.45) is 4.03. The Kier molecular flexibility index (Phi) is 5.13. The number of ether oxygens (including phenoxy) is 1. The van der Waals surface area contributed by atoms with Crippen molar-refractivity contribution in [3.8, 4) is 11.3 Å². The maximum atomic E-state index is 5.05. The number of halogens is 1. The molecule has 0 unspecified atom stereocenters. The molecule has 0 radical (unpaired) electrons. The van der Waals surface area contributed by atoms with Crippen molar-refractivity contribution in [2.75, 3.05) is 13.7 Å². The Bertz CT molecular complexity index is 479. The molecule has 0 aliphatic rings. The predicted octanol–water partition coefficient (Wildman–Crippen LogP) is 3.93. The van der Waals surface area contributed by atoms with E-state index in [4.69, 9.17) is 4.74 Å². The Balaban J connectivity index is 2.05. The van der Waals surface area contributed by atoms with E-state index in [1.807, 2.05) is 6.20 Å². The van der Waals surface area contributed by atoms with Crippen LogP contribution < -0.4 is 0 Å². The average molecular weight is 353 g/mol. The number of pyridine rings is 1. The van der Waals surface area contributed by atoms with Gasteiger partial charge in [-0.15, -0.1) is 0 Å². The van der Waals surface area contributed by atoms with Crippen LogP contribution in [-0.4, -0.2) is 18.7 Å². The molecule has 0 aliphatic heterocycles. The minimum Gasteiger partial charge on any atom is -0.385 e. The van der Waals surface area contributed by atoms with Gasteiger partial charge in [0.25, 0.3) is 0 Å². The van der Waals surface area contributed by atoms with Gasteiger partial charge in [-0.05, 0) is 59.2 Å². The van der Waals surface area contributed by atoms with Gasteiger partial charge in [0.2, 0.25) is 0 Å². The Morgan fingerprint density at radius 1 is 1.11 bits per heavy atom. The van der Waals surface area contributed by atoms with Gasteiger partial charge in [-0.3, -0.25) is 4.98 Å². The van der Waals surface area contributed by atoms with Gasteiger partial charge in [0.1, 0.15) is 0 Å².